The van der Waals surface area contributed by atoms with Crippen molar-refractivity contribution in [2.24, 2.45) is 0 Å². The Bertz CT molecular complexity index is 806. The number of carbonyl (C=O) groups is 1. The van der Waals surface area contributed by atoms with Gasteiger partial charge in [0.25, 0.3) is 0 Å². The Balaban J connectivity index is 1.56. The van der Waals surface area contributed by atoms with Crippen molar-refractivity contribution < 1.29 is 14.3 Å². The predicted molar refractivity (Wildman–Crippen MR) is 147 cm³/mol. The Morgan fingerprint density at radius 1 is 0.647 bits per heavy atom. The van der Waals surface area contributed by atoms with Gasteiger partial charge in [0, 0.05) is 0 Å². The van der Waals surface area contributed by atoms with E-state index in [9.17, 15) is 4.79 Å². The molecule has 0 saturated carbocycles. The van der Waals surface area contributed by atoms with Crippen LogP contribution in [0.3, 0.4) is 0 Å². The predicted octanol–water partition coefficient (Wildman–Crippen LogP) is 8.53. The number of rotatable bonds is 17. The molecule has 3 nitrogen and oxygen atoms in total. The minimum absolute atomic E-state index is 0.340. The molecular formula is C30H46O3Si. The number of unbranched alkanes of at least 4 members (excludes halogenated alkanes) is 11. The smallest absolute Gasteiger partial charge is 0.343 e. The zero-order valence-corrected chi connectivity index (χ0v) is 23.0. The van der Waals surface area contributed by atoms with Gasteiger partial charge in [0.05, 0.1) is 20.2 Å². The van der Waals surface area contributed by atoms with Gasteiger partial charge >= 0.3 is 5.97 Å². The second-order valence-electron chi connectivity index (χ2n) is 10.4. The fourth-order valence-corrected chi connectivity index (χ4v) is 5.18. The van der Waals surface area contributed by atoms with Crippen LogP contribution in [0.4, 0.5) is 0 Å². The summed E-state index contributed by atoms with van der Waals surface area (Å²) in [6.45, 7) is 9.90. The van der Waals surface area contributed by atoms with Crippen molar-refractivity contribution in [3.05, 3.63) is 54.1 Å². The van der Waals surface area contributed by atoms with E-state index in [1.807, 2.05) is 24.3 Å². The van der Waals surface area contributed by atoms with Crippen LogP contribution in [0.15, 0.2) is 48.5 Å². The average Bonchev–Trinajstić information content (AvgIpc) is 2.82. The minimum atomic E-state index is -1.35. The maximum absolute atomic E-state index is 12.4. The van der Waals surface area contributed by atoms with Gasteiger partial charge in [-0.15, -0.1) is 0 Å². The van der Waals surface area contributed by atoms with Crippen molar-refractivity contribution in [2.45, 2.75) is 104 Å². The van der Waals surface area contributed by atoms with Crippen molar-refractivity contribution >= 4 is 19.2 Å². The molecule has 0 bridgehead atoms. The molecule has 0 saturated heterocycles. The van der Waals surface area contributed by atoms with Crippen LogP contribution in [0.1, 0.15) is 94.3 Å². The van der Waals surface area contributed by atoms with Crippen molar-refractivity contribution in [1.29, 1.82) is 0 Å². The summed E-state index contributed by atoms with van der Waals surface area (Å²) in [6.07, 6.45) is 16.1. The Kier molecular flexibility index (Phi) is 13.1. The van der Waals surface area contributed by atoms with Crippen molar-refractivity contribution in [3.8, 4) is 11.5 Å². The van der Waals surface area contributed by atoms with E-state index in [-0.39, 0.29) is 5.97 Å². The van der Waals surface area contributed by atoms with Gasteiger partial charge in [-0.25, -0.2) is 4.79 Å². The van der Waals surface area contributed by atoms with Crippen LogP contribution in [-0.2, 0) is 0 Å². The normalized spacial score (nSPS) is 11.4. The van der Waals surface area contributed by atoms with Crippen LogP contribution >= 0.6 is 0 Å². The third-order valence-corrected chi connectivity index (χ3v) is 8.35. The quantitative estimate of drug-likeness (QED) is 0.0980. The number of hydrogen-bond acceptors (Lipinski definition) is 3. The summed E-state index contributed by atoms with van der Waals surface area (Å²) in [7, 11) is -1.35. The molecule has 0 aliphatic rings. The van der Waals surface area contributed by atoms with Crippen LogP contribution in [-0.4, -0.2) is 20.7 Å². The Hall–Kier alpha value is -2.07. The molecule has 0 atom stereocenters. The molecule has 0 aliphatic carbocycles. The summed E-state index contributed by atoms with van der Waals surface area (Å²) >= 11 is 0. The maximum Gasteiger partial charge on any atom is 0.343 e. The molecule has 0 amide bonds. The Labute approximate surface area is 209 Å². The standard InChI is InChI=1S/C30H46O3Si/c1-5-6-7-8-9-10-11-12-13-14-15-16-25-32-27-19-17-26(18-20-27)30(31)33-28-21-23-29(24-22-28)34(2,3)4/h17-24H,5-16,25H2,1-4H3. The van der Waals surface area contributed by atoms with E-state index in [0.29, 0.717) is 11.3 Å². The van der Waals surface area contributed by atoms with Crippen LogP contribution < -0.4 is 14.7 Å². The first-order valence-electron chi connectivity index (χ1n) is 13.5. The summed E-state index contributed by atoms with van der Waals surface area (Å²) in [5.41, 5.74) is 0.534. The van der Waals surface area contributed by atoms with Crippen molar-refractivity contribution in [3.63, 3.8) is 0 Å². The summed E-state index contributed by atoms with van der Waals surface area (Å²) < 4.78 is 11.4. The molecule has 0 unspecified atom stereocenters. The fraction of sp³-hybridized carbons (Fsp3) is 0.567. The summed E-state index contributed by atoms with van der Waals surface area (Å²) in [4.78, 5) is 12.4. The molecule has 0 N–H and O–H groups in total. The highest BCUT2D eigenvalue weighted by Crippen LogP contribution is 2.17. The van der Waals surface area contributed by atoms with Crippen LogP contribution in [0.25, 0.3) is 0 Å². The number of benzene rings is 2. The summed E-state index contributed by atoms with van der Waals surface area (Å²) in [5, 5.41) is 1.35. The van der Waals surface area contributed by atoms with Gasteiger partial charge < -0.3 is 9.47 Å². The second kappa shape index (κ2) is 15.8. The van der Waals surface area contributed by atoms with E-state index in [1.54, 1.807) is 12.1 Å². The monoisotopic (exact) mass is 482 g/mol. The zero-order chi connectivity index (χ0) is 24.7. The Morgan fingerprint density at radius 3 is 1.62 bits per heavy atom. The van der Waals surface area contributed by atoms with Gasteiger partial charge in [-0.2, -0.15) is 0 Å². The second-order valence-corrected chi connectivity index (χ2v) is 15.5. The molecule has 0 heterocycles. The number of esters is 1. The van der Waals surface area contributed by atoms with Crippen LogP contribution in [0.5, 0.6) is 11.5 Å². The maximum atomic E-state index is 12.4. The topological polar surface area (TPSA) is 35.5 Å². The lowest BCUT2D eigenvalue weighted by Crippen LogP contribution is -2.37. The van der Waals surface area contributed by atoms with Crippen LogP contribution in [0.2, 0.25) is 19.6 Å². The highest BCUT2D eigenvalue weighted by molar-refractivity contribution is 6.88. The molecule has 2 rings (SSSR count). The highest BCUT2D eigenvalue weighted by atomic mass is 28.3. The molecule has 0 radical (unpaired) electrons. The minimum Gasteiger partial charge on any atom is -0.494 e. The van der Waals surface area contributed by atoms with E-state index >= 15 is 0 Å². The molecule has 0 aliphatic heterocycles. The molecule has 4 heteroatoms. The van der Waals surface area contributed by atoms with E-state index in [2.05, 4.69) is 38.7 Å². The molecular weight excluding hydrogens is 436 g/mol. The van der Waals surface area contributed by atoms with Gasteiger partial charge in [-0.1, -0.05) is 115 Å². The average molecular weight is 483 g/mol. The first-order chi connectivity index (χ1) is 16.4. The third kappa shape index (κ3) is 11.4. The zero-order valence-electron chi connectivity index (χ0n) is 22.0. The van der Waals surface area contributed by atoms with E-state index < -0.39 is 8.07 Å². The lowest BCUT2D eigenvalue weighted by atomic mass is 10.1. The molecule has 0 spiro atoms. The van der Waals surface area contributed by atoms with Gasteiger partial charge in [-0.05, 0) is 42.8 Å². The Morgan fingerprint density at radius 2 is 1.12 bits per heavy atom. The lowest BCUT2D eigenvalue weighted by Gasteiger charge is -2.16. The fourth-order valence-electron chi connectivity index (χ4n) is 4.01. The first kappa shape index (κ1) is 28.2. The first-order valence-corrected chi connectivity index (χ1v) is 17.0. The number of ether oxygens (including phenoxy) is 2. The lowest BCUT2D eigenvalue weighted by molar-refractivity contribution is 0.0734. The van der Waals surface area contributed by atoms with E-state index in [4.69, 9.17) is 9.47 Å². The molecule has 0 fully saturated rings. The van der Waals surface area contributed by atoms with Gasteiger partial charge in [0.1, 0.15) is 11.5 Å². The van der Waals surface area contributed by atoms with E-state index in [0.717, 1.165) is 18.8 Å². The van der Waals surface area contributed by atoms with Crippen molar-refractivity contribution in [1.82, 2.24) is 0 Å². The summed E-state index contributed by atoms with van der Waals surface area (Å²) in [6, 6.07) is 15.2. The summed E-state index contributed by atoms with van der Waals surface area (Å²) in [5.74, 6) is 1.05. The van der Waals surface area contributed by atoms with Crippen LogP contribution in [0, 0.1) is 0 Å². The van der Waals surface area contributed by atoms with Gasteiger partial charge in [-0.3, -0.25) is 0 Å². The van der Waals surface area contributed by atoms with Gasteiger partial charge in [0.2, 0.25) is 0 Å². The molecule has 2 aromatic carbocycles. The molecule has 34 heavy (non-hydrogen) atoms. The molecule has 0 aromatic heterocycles. The highest BCUT2D eigenvalue weighted by Gasteiger charge is 2.16. The van der Waals surface area contributed by atoms with Crippen molar-refractivity contribution in [2.75, 3.05) is 6.61 Å². The number of hydrogen-bond donors (Lipinski definition) is 0. The molecule has 188 valence electrons. The third-order valence-electron chi connectivity index (χ3n) is 6.29. The number of carbonyl (C=O) groups excluding carboxylic acids is 1. The SMILES string of the molecule is CCCCCCCCCCCCCCOc1ccc(C(=O)Oc2ccc([Si](C)(C)C)cc2)cc1. The largest absolute Gasteiger partial charge is 0.494 e. The molecule has 2 aromatic rings. The van der Waals surface area contributed by atoms with Gasteiger partial charge in [0.15, 0.2) is 0 Å². The van der Waals surface area contributed by atoms with E-state index in [1.165, 1.54) is 75.8 Å².